The molecule has 8 nitrogen and oxygen atoms in total. The Labute approximate surface area is 186 Å². The van der Waals surface area contributed by atoms with Gasteiger partial charge < -0.3 is 19.5 Å². The van der Waals surface area contributed by atoms with Crippen LogP contribution in [0.15, 0.2) is 59.5 Å². The Balaban J connectivity index is 1.40. The van der Waals surface area contributed by atoms with Crippen LogP contribution in [0.2, 0.25) is 0 Å². The van der Waals surface area contributed by atoms with Crippen molar-refractivity contribution in [3.8, 4) is 0 Å². The van der Waals surface area contributed by atoms with Gasteiger partial charge in [-0.2, -0.15) is 8.42 Å². The van der Waals surface area contributed by atoms with Crippen LogP contribution in [0, 0.1) is 0 Å². The molecule has 9 heteroatoms. The summed E-state index contributed by atoms with van der Waals surface area (Å²) in [6.45, 7) is 2.90. The smallest absolute Gasteiger partial charge is 0.408 e. The van der Waals surface area contributed by atoms with E-state index in [2.05, 4.69) is 5.32 Å². The molecule has 32 heavy (non-hydrogen) atoms. The highest BCUT2D eigenvalue weighted by molar-refractivity contribution is 7.86. The van der Waals surface area contributed by atoms with Crippen LogP contribution < -0.4 is 5.32 Å². The van der Waals surface area contributed by atoms with E-state index in [1.54, 1.807) is 18.2 Å². The Morgan fingerprint density at radius 2 is 1.59 bits per heavy atom. The molecule has 1 aliphatic carbocycles. The fourth-order valence-corrected chi connectivity index (χ4v) is 5.60. The lowest BCUT2D eigenvalue weighted by molar-refractivity contribution is -0.169. The summed E-state index contributed by atoms with van der Waals surface area (Å²) in [5.74, 6) is -0.652. The van der Waals surface area contributed by atoms with Crippen LogP contribution >= 0.6 is 0 Å². The first-order valence-electron chi connectivity index (χ1n) is 10.6. The molecule has 0 unspecified atom stereocenters. The Morgan fingerprint density at radius 1 is 0.969 bits per heavy atom. The number of ether oxygens (including phenoxy) is 3. The third-order valence-electron chi connectivity index (χ3n) is 6.71. The van der Waals surface area contributed by atoms with Gasteiger partial charge in [-0.1, -0.05) is 42.5 Å². The van der Waals surface area contributed by atoms with E-state index in [4.69, 9.17) is 18.4 Å². The monoisotopic (exact) mass is 459 g/mol. The van der Waals surface area contributed by atoms with Crippen molar-refractivity contribution < 1.29 is 31.6 Å². The number of hydrogen-bond acceptors (Lipinski definition) is 7. The minimum atomic E-state index is -4.00. The average molecular weight is 460 g/mol. The molecule has 2 aromatic rings. The number of hydrogen-bond donors (Lipinski definition) is 1. The molecular formula is C23H25NO7S. The topological polar surface area (TPSA) is 100 Å². The van der Waals surface area contributed by atoms with E-state index in [0.717, 1.165) is 18.4 Å². The molecule has 0 spiro atoms. The number of nitrogens with one attached hydrogen (secondary N) is 1. The van der Waals surface area contributed by atoms with Gasteiger partial charge in [0.1, 0.15) is 6.61 Å². The maximum absolute atomic E-state index is 12.6. The van der Waals surface area contributed by atoms with Gasteiger partial charge in [-0.3, -0.25) is 4.18 Å². The maximum Gasteiger partial charge on any atom is 0.408 e. The molecule has 3 fully saturated rings. The molecule has 0 aromatic heterocycles. The second-order valence-corrected chi connectivity index (χ2v) is 10.2. The van der Waals surface area contributed by atoms with Crippen LogP contribution in [-0.2, 0) is 39.5 Å². The predicted molar refractivity (Wildman–Crippen MR) is 113 cm³/mol. The van der Waals surface area contributed by atoms with Crippen LogP contribution in [0.25, 0.3) is 0 Å². The lowest BCUT2D eigenvalue weighted by Crippen LogP contribution is -2.41. The van der Waals surface area contributed by atoms with Crippen LogP contribution in [0.3, 0.4) is 0 Å². The van der Waals surface area contributed by atoms with Crippen molar-refractivity contribution >= 4 is 16.2 Å². The Morgan fingerprint density at radius 3 is 2.16 bits per heavy atom. The molecule has 1 atom stereocenters. The van der Waals surface area contributed by atoms with Gasteiger partial charge in [0.05, 0.1) is 24.7 Å². The van der Waals surface area contributed by atoms with Gasteiger partial charge in [-0.05, 0) is 43.0 Å². The van der Waals surface area contributed by atoms with Gasteiger partial charge in [0.2, 0.25) is 0 Å². The molecule has 1 N–H and O–H groups in total. The summed E-state index contributed by atoms with van der Waals surface area (Å²) in [7, 11) is -4.00. The van der Waals surface area contributed by atoms with Crippen molar-refractivity contribution in [1.29, 1.82) is 0 Å². The number of alkyl carbamates (subject to hydrolysis) is 1. The molecule has 0 radical (unpaired) electrons. The normalized spacial score (nSPS) is 25.8. The SMILES string of the molecule is CC1(C2(c3ccc([C@]4(COS(=O)(=O)c5ccccc5)CNC(=O)O4)cc3)CC2)OCCO1. The second-order valence-electron chi connectivity index (χ2n) is 8.57. The summed E-state index contributed by atoms with van der Waals surface area (Å²) in [4.78, 5) is 12.0. The molecule has 170 valence electrons. The van der Waals surface area contributed by atoms with E-state index in [9.17, 15) is 13.2 Å². The summed E-state index contributed by atoms with van der Waals surface area (Å²) >= 11 is 0. The molecule has 1 amide bonds. The standard InChI is InChI=1S/C23H25NO7S/c1-21(28-13-14-29-21)22(11-12-22)17-7-9-18(10-8-17)23(15-24-20(25)31-23)16-30-32(26,27)19-5-3-2-4-6-19/h2-10H,11-16H2,1H3,(H,24,25)/t23-/m1/s1. The minimum Gasteiger partial charge on any atom is -0.434 e. The third-order valence-corrected chi connectivity index (χ3v) is 7.98. The number of carbonyl (C=O) groups excluding carboxylic acids is 1. The summed E-state index contributed by atoms with van der Waals surface area (Å²) in [6, 6.07) is 15.5. The van der Waals surface area contributed by atoms with E-state index in [1.807, 2.05) is 31.2 Å². The van der Waals surface area contributed by atoms with Gasteiger partial charge in [0.15, 0.2) is 11.4 Å². The molecule has 5 rings (SSSR count). The highest BCUT2D eigenvalue weighted by Crippen LogP contribution is 2.58. The highest BCUT2D eigenvalue weighted by Gasteiger charge is 2.61. The molecule has 0 bridgehead atoms. The van der Waals surface area contributed by atoms with Crippen molar-refractivity contribution in [1.82, 2.24) is 5.32 Å². The van der Waals surface area contributed by atoms with E-state index >= 15 is 0 Å². The Kier molecular flexibility index (Phi) is 5.05. The molecule has 2 aliphatic heterocycles. The van der Waals surface area contributed by atoms with Crippen molar-refractivity contribution in [2.75, 3.05) is 26.4 Å². The van der Waals surface area contributed by atoms with E-state index < -0.39 is 27.6 Å². The largest absolute Gasteiger partial charge is 0.434 e. The van der Waals surface area contributed by atoms with Gasteiger partial charge in [-0.25, -0.2) is 4.79 Å². The average Bonchev–Trinajstić information content (AvgIpc) is 3.37. The third kappa shape index (κ3) is 3.49. The quantitative estimate of drug-likeness (QED) is 0.636. The predicted octanol–water partition coefficient (Wildman–Crippen LogP) is 2.82. The first kappa shape index (κ1) is 21.4. The first-order valence-corrected chi connectivity index (χ1v) is 12.0. The maximum atomic E-state index is 12.6. The zero-order valence-corrected chi connectivity index (χ0v) is 18.5. The minimum absolute atomic E-state index is 0.0447. The number of cyclic esters (lactones) is 1. The first-order chi connectivity index (χ1) is 15.3. The van der Waals surface area contributed by atoms with Crippen molar-refractivity contribution in [2.45, 2.75) is 41.5 Å². The summed E-state index contributed by atoms with van der Waals surface area (Å²) in [6.07, 6.45) is 1.31. The van der Waals surface area contributed by atoms with Crippen LogP contribution in [-0.4, -0.2) is 46.7 Å². The molecule has 3 aliphatic rings. The van der Waals surface area contributed by atoms with Gasteiger partial charge in [-0.15, -0.1) is 0 Å². The van der Waals surface area contributed by atoms with Crippen LogP contribution in [0.4, 0.5) is 4.79 Å². The highest BCUT2D eigenvalue weighted by atomic mass is 32.2. The van der Waals surface area contributed by atoms with E-state index in [-0.39, 0.29) is 23.5 Å². The Hall–Kier alpha value is -2.46. The summed E-state index contributed by atoms with van der Waals surface area (Å²) < 4.78 is 47.9. The van der Waals surface area contributed by atoms with Gasteiger partial charge >= 0.3 is 6.09 Å². The lowest BCUT2D eigenvalue weighted by Gasteiger charge is -2.33. The van der Waals surface area contributed by atoms with Gasteiger partial charge in [0.25, 0.3) is 10.1 Å². The number of benzene rings is 2. The Bertz CT molecular complexity index is 1110. The zero-order valence-electron chi connectivity index (χ0n) is 17.7. The molecule has 2 aromatic carbocycles. The molecule has 2 saturated heterocycles. The number of rotatable bonds is 7. The summed E-state index contributed by atoms with van der Waals surface area (Å²) in [5.41, 5.74) is 0.277. The molecule has 1 saturated carbocycles. The fourth-order valence-electron chi connectivity index (χ4n) is 4.63. The molecule has 2 heterocycles. The van der Waals surface area contributed by atoms with E-state index in [0.29, 0.717) is 18.8 Å². The lowest BCUT2D eigenvalue weighted by atomic mass is 9.85. The van der Waals surface area contributed by atoms with Crippen molar-refractivity contribution in [2.24, 2.45) is 0 Å². The second kappa shape index (κ2) is 7.55. The zero-order chi connectivity index (χ0) is 22.5. The van der Waals surface area contributed by atoms with Crippen LogP contribution in [0.5, 0.6) is 0 Å². The summed E-state index contributed by atoms with van der Waals surface area (Å²) in [5, 5.41) is 2.62. The van der Waals surface area contributed by atoms with Gasteiger partial charge in [0, 0.05) is 5.41 Å². The fraction of sp³-hybridized carbons (Fsp3) is 0.435. The van der Waals surface area contributed by atoms with Crippen LogP contribution in [0.1, 0.15) is 30.9 Å². The van der Waals surface area contributed by atoms with E-state index in [1.165, 1.54) is 12.1 Å². The van der Waals surface area contributed by atoms with Crippen molar-refractivity contribution in [3.63, 3.8) is 0 Å². The molecular weight excluding hydrogens is 434 g/mol. The number of amides is 1. The van der Waals surface area contributed by atoms with Crippen molar-refractivity contribution in [3.05, 3.63) is 65.7 Å². The number of carbonyl (C=O) groups is 1.